The second kappa shape index (κ2) is 10.8. The molecule has 0 aliphatic rings. The van der Waals surface area contributed by atoms with Crippen LogP contribution in [0, 0.1) is 5.92 Å². The largest absolute Gasteiger partial charge is 0.451 e. The van der Waals surface area contributed by atoms with Gasteiger partial charge in [-0.1, -0.05) is 62.4 Å². The number of nitrogens with one attached hydrogen (secondary N) is 3. The van der Waals surface area contributed by atoms with Crippen LogP contribution in [0.15, 0.2) is 60.7 Å². The first kappa shape index (κ1) is 21.9. The Balaban J connectivity index is 1.87. The maximum Gasteiger partial charge on any atom is 0.329 e. The quantitative estimate of drug-likeness (QED) is 0.597. The molecule has 3 N–H and O–H groups in total. The van der Waals surface area contributed by atoms with Gasteiger partial charge in [-0.05, 0) is 30.5 Å². The summed E-state index contributed by atoms with van der Waals surface area (Å²) in [4.78, 5) is 36.9. The Kier molecular flexibility index (Phi) is 8.21. The molecule has 0 saturated heterocycles. The summed E-state index contributed by atoms with van der Waals surface area (Å²) < 4.78 is 5.28. The molecule has 0 spiro atoms. The van der Waals surface area contributed by atoms with Crippen LogP contribution in [0.2, 0.25) is 0 Å². The summed E-state index contributed by atoms with van der Waals surface area (Å²) in [6, 6.07) is 16.9. The van der Waals surface area contributed by atoms with Crippen molar-refractivity contribution < 1.29 is 19.1 Å². The van der Waals surface area contributed by atoms with Crippen molar-refractivity contribution in [1.29, 1.82) is 0 Å². The van der Waals surface area contributed by atoms with Gasteiger partial charge >= 0.3 is 12.0 Å². The first-order chi connectivity index (χ1) is 13.9. The average molecular weight is 397 g/mol. The van der Waals surface area contributed by atoms with Gasteiger partial charge in [-0.3, -0.25) is 4.79 Å². The van der Waals surface area contributed by atoms with Crippen molar-refractivity contribution in [1.82, 2.24) is 10.6 Å². The summed E-state index contributed by atoms with van der Waals surface area (Å²) >= 11 is 0. The molecule has 0 unspecified atom stereocenters. The SMILES string of the molecule is CC(C)[C@H](NC(=O)Nc1ccccc1)C(=O)O[C@@H](C)C(=O)NCc1ccccc1. The smallest absolute Gasteiger partial charge is 0.329 e. The number of para-hydroxylation sites is 1. The lowest BCUT2D eigenvalue weighted by Gasteiger charge is -2.23. The highest BCUT2D eigenvalue weighted by Crippen LogP contribution is 2.09. The van der Waals surface area contributed by atoms with E-state index in [9.17, 15) is 14.4 Å². The zero-order valence-electron chi connectivity index (χ0n) is 16.8. The summed E-state index contributed by atoms with van der Waals surface area (Å²) in [5.74, 6) is -1.28. The maximum atomic E-state index is 12.5. The van der Waals surface area contributed by atoms with Gasteiger partial charge in [0.1, 0.15) is 6.04 Å². The number of amides is 3. The molecule has 0 radical (unpaired) electrons. The van der Waals surface area contributed by atoms with E-state index < -0.39 is 30.1 Å². The monoisotopic (exact) mass is 397 g/mol. The van der Waals surface area contributed by atoms with Gasteiger partial charge in [-0.2, -0.15) is 0 Å². The van der Waals surface area contributed by atoms with E-state index in [1.54, 1.807) is 38.1 Å². The normalized spacial score (nSPS) is 12.6. The highest BCUT2D eigenvalue weighted by Gasteiger charge is 2.29. The minimum Gasteiger partial charge on any atom is -0.451 e. The van der Waals surface area contributed by atoms with E-state index in [-0.39, 0.29) is 5.92 Å². The van der Waals surface area contributed by atoms with Gasteiger partial charge in [-0.25, -0.2) is 9.59 Å². The predicted molar refractivity (Wildman–Crippen MR) is 111 cm³/mol. The fourth-order valence-corrected chi connectivity index (χ4v) is 2.56. The van der Waals surface area contributed by atoms with Crippen LogP contribution in [-0.2, 0) is 20.9 Å². The van der Waals surface area contributed by atoms with Crippen LogP contribution < -0.4 is 16.0 Å². The summed E-state index contributed by atoms with van der Waals surface area (Å²) in [7, 11) is 0. The Morgan fingerprint density at radius 3 is 2.07 bits per heavy atom. The number of benzene rings is 2. The number of ether oxygens (including phenoxy) is 1. The molecule has 3 amide bonds. The topological polar surface area (TPSA) is 96.5 Å². The Morgan fingerprint density at radius 1 is 0.897 bits per heavy atom. The summed E-state index contributed by atoms with van der Waals surface area (Å²) in [6.45, 7) is 5.41. The van der Waals surface area contributed by atoms with Gasteiger partial charge in [0, 0.05) is 12.2 Å². The molecule has 0 aliphatic heterocycles. The van der Waals surface area contributed by atoms with Crippen LogP contribution in [0.3, 0.4) is 0 Å². The van der Waals surface area contributed by atoms with Crippen molar-refractivity contribution in [3.8, 4) is 0 Å². The molecule has 0 aromatic heterocycles. The zero-order valence-corrected chi connectivity index (χ0v) is 16.8. The molecule has 0 heterocycles. The Morgan fingerprint density at radius 2 is 1.48 bits per heavy atom. The van der Waals surface area contributed by atoms with Crippen LogP contribution in [0.5, 0.6) is 0 Å². The first-order valence-electron chi connectivity index (χ1n) is 9.51. The molecular formula is C22H27N3O4. The number of anilines is 1. The van der Waals surface area contributed by atoms with Gasteiger partial charge < -0.3 is 20.7 Å². The Bertz CT molecular complexity index is 809. The van der Waals surface area contributed by atoms with Crippen molar-refractivity contribution >= 4 is 23.6 Å². The average Bonchev–Trinajstić information content (AvgIpc) is 2.71. The summed E-state index contributed by atoms with van der Waals surface area (Å²) in [5, 5.41) is 8.00. The second-order valence-electron chi connectivity index (χ2n) is 6.97. The van der Waals surface area contributed by atoms with E-state index >= 15 is 0 Å². The van der Waals surface area contributed by atoms with E-state index in [4.69, 9.17) is 4.74 Å². The molecule has 2 atom stereocenters. The minimum atomic E-state index is -0.980. The van der Waals surface area contributed by atoms with E-state index in [2.05, 4.69) is 16.0 Å². The second-order valence-corrected chi connectivity index (χ2v) is 6.97. The fourth-order valence-electron chi connectivity index (χ4n) is 2.56. The van der Waals surface area contributed by atoms with Gasteiger partial charge in [-0.15, -0.1) is 0 Å². The molecule has 7 heteroatoms. The van der Waals surface area contributed by atoms with Crippen LogP contribution in [0.4, 0.5) is 10.5 Å². The zero-order chi connectivity index (χ0) is 21.2. The molecule has 7 nitrogen and oxygen atoms in total. The van der Waals surface area contributed by atoms with Crippen molar-refractivity contribution in [2.45, 2.75) is 39.5 Å². The number of rotatable bonds is 8. The van der Waals surface area contributed by atoms with Crippen LogP contribution in [0.25, 0.3) is 0 Å². The Hall–Kier alpha value is -3.35. The molecule has 0 aliphatic carbocycles. The first-order valence-corrected chi connectivity index (χ1v) is 9.51. The highest BCUT2D eigenvalue weighted by atomic mass is 16.5. The van der Waals surface area contributed by atoms with E-state index in [1.165, 1.54) is 6.92 Å². The third kappa shape index (κ3) is 7.29. The number of carbonyl (C=O) groups is 3. The number of hydrogen-bond acceptors (Lipinski definition) is 4. The number of urea groups is 1. The molecule has 154 valence electrons. The van der Waals surface area contributed by atoms with Gasteiger partial charge in [0.15, 0.2) is 6.10 Å². The predicted octanol–water partition coefficient (Wildman–Crippen LogP) is 3.08. The van der Waals surface area contributed by atoms with E-state index in [0.717, 1.165) is 5.56 Å². The Labute approximate surface area is 170 Å². The maximum absolute atomic E-state index is 12.5. The molecule has 2 rings (SSSR count). The molecule has 2 aromatic rings. The van der Waals surface area contributed by atoms with Crippen molar-refractivity contribution in [3.05, 3.63) is 66.2 Å². The van der Waals surface area contributed by atoms with Crippen molar-refractivity contribution in [2.24, 2.45) is 5.92 Å². The van der Waals surface area contributed by atoms with Crippen LogP contribution in [-0.4, -0.2) is 30.1 Å². The highest BCUT2D eigenvalue weighted by molar-refractivity contribution is 5.93. The molecule has 0 saturated carbocycles. The standard InChI is InChI=1S/C22H27N3O4/c1-15(2)19(25-22(28)24-18-12-8-5-9-13-18)21(27)29-16(3)20(26)23-14-17-10-6-4-7-11-17/h4-13,15-16,19H,14H2,1-3H3,(H,23,26)(H2,24,25,28)/t16-,19-/m0/s1. The van der Waals surface area contributed by atoms with Crippen LogP contribution >= 0.6 is 0 Å². The third-order valence-corrected chi connectivity index (χ3v) is 4.21. The molecule has 0 bridgehead atoms. The van der Waals surface area contributed by atoms with E-state index in [0.29, 0.717) is 12.2 Å². The third-order valence-electron chi connectivity index (χ3n) is 4.21. The van der Waals surface area contributed by atoms with Crippen molar-refractivity contribution in [2.75, 3.05) is 5.32 Å². The number of esters is 1. The van der Waals surface area contributed by atoms with Gasteiger partial charge in [0.05, 0.1) is 0 Å². The summed E-state index contributed by atoms with van der Waals surface area (Å²) in [5.41, 5.74) is 1.55. The molecule has 2 aromatic carbocycles. The summed E-state index contributed by atoms with van der Waals surface area (Å²) in [6.07, 6.45) is -0.980. The van der Waals surface area contributed by atoms with Gasteiger partial charge in [0.25, 0.3) is 5.91 Å². The van der Waals surface area contributed by atoms with Gasteiger partial charge in [0.2, 0.25) is 0 Å². The minimum absolute atomic E-state index is 0.219. The molecule has 0 fully saturated rings. The molecule has 29 heavy (non-hydrogen) atoms. The lowest BCUT2D eigenvalue weighted by atomic mass is 10.0. The molecular weight excluding hydrogens is 370 g/mol. The van der Waals surface area contributed by atoms with Crippen LogP contribution in [0.1, 0.15) is 26.3 Å². The van der Waals surface area contributed by atoms with Crippen molar-refractivity contribution in [3.63, 3.8) is 0 Å². The lowest BCUT2D eigenvalue weighted by Crippen LogP contribution is -2.49. The van der Waals surface area contributed by atoms with E-state index in [1.807, 2.05) is 36.4 Å². The number of carbonyl (C=O) groups excluding carboxylic acids is 3. The lowest BCUT2D eigenvalue weighted by molar-refractivity contribution is -0.157. The fraction of sp³-hybridized carbons (Fsp3) is 0.318. The number of hydrogen-bond donors (Lipinski definition) is 3.